The van der Waals surface area contributed by atoms with Gasteiger partial charge in [0.25, 0.3) is 0 Å². The number of esters is 1. The summed E-state index contributed by atoms with van der Waals surface area (Å²) in [6, 6.07) is 10.2. The lowest BCUT2D eigenvalue weighted by atomic mass is 9.84. The number of hydrogen-bond acceptors (Lipinski definition) is 10. The first-order valence-electron chi connectivity index (χ1n) is 16.1. The number of phenolic OH excluding ortho intramolecular Hbond substituents is 2. The topological polar surface area (TPSA) is 154 Å². The number of aromatic hydroxyl groups is 2. The Balaban J connectivity index is 1.80. The fraction of sp³-hybridized carbons (Fsp3) is 0.405. The van der Waals surface area contributed by atoms with Crippen molar-refractivity contribution in [2.24, 2.45) is 0 Å². The highest BCUT2D eigenvalue weighted by molar-refractivity contribution is 5.98. The molecule has 1 unspecified atom stereocenters. The molecule has 2 aromatic carbocycles. The summed E-state index contributed by atoms with van der Waals surface area (Å²) in [5.41, 5.74) is 1.35. The Morgan fingerprint density at radius 1 is 1.04 bits per heavy atom. The molecule has 3 N–H and O–H groups in total. The van der Waals surface area contributed by atoms with Crippen molar-refractivity contribution in [2.75, 3.05) is 27.9 Å². The summed E-state index contributed by atoms with van der Waals surface area (Å²) in [4.78, 5) is 43.6. The number of phenols is 2. The zero-order valence-electron chi connectivity index (χ0n) is 27.9. The molecule has 0 fully saturated rings. The highest BCUT2D eigenvalue weighted by Gasteiger charge is 2.32. The number of pyridine rings is 1. The number of methoxy groups -OCH3 is 3. The standard InChI is InChI=1S/C37H44N2O9/c1-23-11-10-15-27(40)14-7-5-6-12-24-19-29(41)34(35(43)33(24)37(44)48-23)28(22-32(42)39-18-16-26-13-8-9-17-38-26)25-20-30(45-2)36(47-4)31(21-25)46-3/h6,8-9,12-13,17,19-21,23,28,41,43H,5,7,10-11,14-16,18,22H2,1-4H3,(H,39,42)/t23-,28?/m0/s1. The van der Waals surface area contributed by atoms with Gasteiger partial charge in [0.1, 0.15) is 22.8 Å². The number of ketones is 1. The van der Waals surface area contributed by atoms with Crippen LogP contribution in [-0.2, 0) is 20.7 Å². The van der Waals surface area contributed by atoms with Gasteiger partial charge in [0.2, 0.25) is 11.7 Å². The number of nitrogens with one attached hydrogen (secondary N) is 1. The Morgan fingerprint density at radius 3 is 2.44 bits per heavy atom. The van der Waals surface area contributed by atoms with E-state index in [1.54, 1.807) is 37.4 Å². The second-order valence-corrected chi connectivity index (χ2v) is 11.7. The number of cyclic esters (lactones) is 1. The van der Waals surface area contributed by atoms with E-state index in [4.69, 9.17) is 18.9 Å². The van der Waals surface area contributed by atoms with Crippen molar-refractivity contribution in [2.45, 2.75) is 70.3 Å². The fourth-order valence-corrected chi connectivity index (χ4v) is 5.84. The van der Waals surface area contributed by atoms with Crippen molar-refractivity contribution in [1.29, 1.82) is 0 Å². The number of amides is 1. The highest BCUT2D eigenvalue weighted by atomic mass is 16.5. The zero-order valence-corrected chi connectivity index (χ0v) is 27.9. The number of fused-ring (bicyclic) bond motifs is 1. The molecule has 0 saturated heterocycles. The van der Waals surface area contributed by atoms with Crippen LogP contribution in [0.4, 0.5) is 0 Å². The molecular weight excluding hydrogens is 616 g/mol. The molecule has 48 heavy (non-hydrogen) atoms. The first-order chi connectivity index (χ1) is 23.2. The van der Waals surface area contributed by atoms with Crippen LogP contribution in [0.25, 0.3) is 6.08 Å². The average Bonchev–Trinajstić information content (AvgIpc) is 3.06. The van der Waals surface area contributed by atoms with Gasteiger partial charge in [-0.15, -0.1) is 0 Å². The summed E-state index contributed by atoms with van der Waals surface area (Å²) in [7, 11) is 4.39. The van der Waals surface area contributed by atoms with Crippen molar-refractivity contribution >= 4 is 23.7 Å². The molecule has 3 aromatic rings. The second kappa shape index (κ2) is 17.2. The Morgan fingerprint density at radius 2 is 1.77 bits per heavy atom. The molecule has 0 radical (unpaired) electrons. The molecule has 1 amide bonds. The van der Waals surface area contributed by atoms with E-state index in [1.807, 2.05) is 18.2 Å². The van der Waals surface area contributed by atoms with Gasteiger partial charge in [-0.05, 0) is 74.1 Å². The third-order valence-electron chi connectivity index (χ3n) is 8.31. The summed E-state index contributed by atoms with van der Waals surface area (Å²) in [5, 5.41) is 26.3. The summed E-state index contributed by atoms with van der Waals surface area (Å²) < 4.78 is 22.4. The number of hydrogen-bond donors (Lipinski definition) is 3. The minimum absolute atomic E-state index is 0.0346. The van der Waals surface area contributed by atoms with Crippen molar-refractivity contribution in [3.63, 3.8) is 0 Å². The van der Waals surface area contributed by atoms with Crippen LogP contribution in [0.15, 0.2) is 48.7 Å². The quantitative estimate of drug-likeness (QED) is 0.225. The molecule has 2 atom stereocenters. The Kier molecular flexibility index (Phi) is 12.8. The van der Waals surface area contributed by atoms with Crippen LogP contribution >= 0.6 is 0 Å². The van der Waals surface area contributed by atoms with Crippen molar-refractivity contribution in [1.82, 2.24) is 10.3 Å². The normalized spacial score (nSPS) is 16.2. The summed E-state index contributed by atoms with van der Waals surface area (Å²) in [6.45, 7) is 2.04. The molecule has 256 valence electrons. The first kappa shape index (κ1) is 35.8. The Labute approximate surface area is 280 Å². The van der Waals surface area contributed by atoms with E-state index >= 15 is 0 Å². The predicted molar refractivity (Wildman–Crippen MR) is 180 cm³/mol. The molecule has 0 bridgehead atoms. The fourth-order valence-electron chi connectivity index (χ4n) is 5.84. The number of carbonyl (C=O) groups is 3. The molecule has 11 heteroatoms. The monoisotopic (exact) mass is 660 g/mol. The van der Waals surface area contributed by atoms with Crippen molar-refractivity contribution in [3.8, 4) is 28.7 Å². The molecule has 1 aliphatic heterocycles. The maximum atomic E-state index is 13.7. The van der Waals surface area contributed by atoms with Crippen molar-refractivity contribution < 1.29 is 43.5 Å². The minimum atomic E-state index is -0.966. The SMILES string of the molecule is COc1cc(C(CC(=O)NCCc2ccccn2)c2c(O)cc3c(c2O)C(=O)O[C@@H](C)CCCC(=O)CCCC=C3)cc(OC)c1OC. The molecule has 0 aliphatic carbocycles. The summed E-state index contributed by atoms with van der Waals surface area (Å²) in [5.74, 6) is -1.85. The maximum Gasteiger partial charge on any atom is 0.342 e. The molecule has 1 aliphatic rings. The smallest absolute Gasteiger partial charge is 0.342 e. The number of carbonyl (C=O) groups excluding carboxylic acids is 3. The van der Waals surface area contributed by atoms with Gasteiger partial charge in [0.15, 0.2) is 11.5 Å². The number of nitrogens with zero attached hydrogens (tertiary/aromatic N) is 1. The van der Waals surface area contributed by atoms with Gasteiger partial charge in [0, 0.05) is 55.6 Å². The minimum Gasteiger partial charge on any atom is -0.507 e. The predicted octanol–water partition coefficient (Wildman–Crippen LogP) is 5.88. The number of benzene rings is 2. The third-order valence-corrected chi connectivity index (χ3v) is 8.31. The third kappa shape index (κ3) is 9.05. The van der Waals surface area contributed by atoms with Gasteiger partial charge in [-0.1, -0.05) is 18.2 Å². The van der Waals surface area contributed by atoms with E-state index in [0.717, 1.165) is 5.69 Å². The molecule has 0 saturated carbocycles. The molecule has 0 spiro atoms. The van der Waals surface area contributed by atoms with Crippen LogP contribution in [-0.4, -0.2) is 66.8 Å². The van der Waals surface area contributed by atoms with Crippen LogP contribution in [0, 0.1) is 0 Å². The largest absolute Gasteiger partial charge is 0.507 e. The van der Waals surface area contributed by atoms with E-state index < -0.39 is 23.7 Å². The lowest BCUT2D eigenvalue weighted by Crippen LogP contribution is -2.28. The molecule has 4 rings (SSSR count). The van der Waals surface area contributed by atoms with Crippen LogP contribution in [0.5, 0.6) is 28.7 Å². The van der Waals surface area contributed by atoms with Crippen LogP contribution < -0.4 is 19.5 Å². The van der Waals surface area contributed by atoms with Gasteiger partial charge in [0.05, 0.1) is 27.4 Å². The van der Waals surface area contributed by atoms with Crippen LogP contribution in [0.2, 0.25) is 0 Å². The van der Waals surface area contributed by atoms with E-state index in [0.29, 0.717) is 74.3 Å². The van der Waals surface area contributed by atoms with E-state index in [1.165, 1.54) is 27.4 Å². The van der Waals surface area contributed by atoms with E-state index in [9.17, 15) is 24.6 Å². The molecule has 2 heterocycles. The summed E-state index contributed by atoms with van der Waals surface area (Å²) in [6.07, 6.45) is 7.95. The molecule has 1 aromatic heterocycles. The Hall–Kier alpha value is -5.06. The highest BCUT2D eigenvalue weighted by Crippen LogP contribution is 2.47. The van der Waals surface area contributed by atoms with Gasteiger partial charge in [-0.3, -0.25) is 14.6 Å². The van der Waals surface area contributed by atoms with E-state index in [2.05, 4.69) is 10.3 Å². The van der Waals surface area contributed by atoms with Crippen LogP contribution in [0.3, 0.4) is 0 Å². The van der Waals surface area contributed by atoms with Gasteiger partial charge < -0.3 is 34.5 Å². The summed E-state index contributed by atoms with van der Waals surface area (Å²) >= 11 is 0. The van der Waals surface area contributed by atoms with E-state index in [-0.39, 0.29) is 40.6 Å². The molecular formula is C37H44N2O9. The number of aromatic nitrogens is 1. The number of allylic oxidation sites excluding steroid dienone is 1. The average molecular weight is 661 g/mol. The number of Topliss-reactive ketones (excluding diaryl/α,β-unsaturated/α-hetero) is 1. The van der Waals surface area contributed by atoms with Crippen molar-refractivity contribution in [3.05, 3.63) is 76.6 Å². The van der Waals surface area contributed by atoms with Gasteiger partial charge >= 0.3 is 5.97 Å². The first-order valence-corrected chi connectivity index (χ1v) is 16.1. The van der Waals surface area contributed by atoms with Crippen LogP contribution in [0.1, 0.15) is 90.5 Å². The zero-order chi connectivity index (χ0) is 34.6. The van der Waals surface area contributed by atoms with Gasteiger partial charge in [-0.2, -0.15) is 0 Å². The molecule has 11 nitrogen and oxygen atoms in total. The van der Waals surface area contributed by atoms with Gasteiger partial charge in [-0.25, -0.2) is 4.79 Å². The maximum absolute atomic E-state index is 13.7. The number of rotatable bonds is 10. The lowest BCUT2D eigenvalue weighted by Gasteiger charge is -2.24. The Bertz CT molecular complexity index is 1600. The second-order valence-electron chi connectivity index (χ2n) is 11.7. The number of ether oxygens (including phenoxy) is 4. The lowest BCUT2D eigenvalue weighted by molar-refractivity contribution is -0.121.